The molecule has 4 rings (SSSR count). The molecule has 0 bridgehead atoms. The molecule has 0 amide bonds. The summed E-state index contributed by atoms with van der Waals surface area (Å²) in [6.45, 7) is 0. The van der Waals surface area contributed by atoms with E-state index in [2.05, 4.69) is 0 Å². The highest BCUT2D eigenvalue weighted by Crippen LogP contribution is 2.35. The van der Waals surface area contributed by atoms with Crippen molar-refractivity contribution in [1.82, 2.24) is 0 Å². The lowest BCUT2D eigenvalue weighted by molar-refractivity contribution is -0.213. The number of esters is 3. The van der Waals surface area contributed by atoms with Crippen molar-refractivity contribution in [2.45, 2.75) is 62.1 Å². The number of carboxylic acid groups (broad SMARTS) is 1. The van der Waals surface area contributed by atoms with Gasteiger partial charge in [-0.2, -0.15) is 0 Å². The van der Waals surface area contributed by atoms with Crippen LogP contribution in [0.15, 0.2) is 72.8 Å². The number of aromatic hydroxyl groups is 3. The van der Waals surface area contributed by atoms with Crippen LogP contribution in [0.3, 0.4) is 0 Å². The number of carbonyl (C=O) groups is 4. The predicted octanol–water partition coefficient (Wildman–Crippen LogP) is 1.54. The quantitative estimate of drug-likeness (QED) is 0.132. The Morgan fingerprint density at radius 3 is 1.62 bits per heavy atom. The van der Waals surface area contributed by atoms with Gasteiger partial charge in [0.05, 0.1) is 18.9 Å². The number of rotatable bonds is 11. The molecule has 13 heteroatoms. The van der Waals surface area contributed by atoms with E-state index in [1.54, 1.807) is 0 Å². The number of phenolic OH excluding ortho intramolecular Hbond substituents is 3. The van der Waals surface area contributed by atoms with Gasteiger partial charge in [-0.3, -0.25) is 9.59 Å². The van der Waals surface area contributed by atoms with E-state index in [1.807, 2.05) is 0 Å². The van der Waals surface area contributed by atoms with Gasteiger partial charge in [0.1, 0.15) is 23.4 Å². The minimum absolute atomic E-state index is 0.0187. The molecule has 1 fully saturated rings. The molecule has 5 atom stereocenters. The van der Waals surface area contributed by atoms with E-state index in [1.165, 1.54) is 72.8 Å². The maximum Gasteiger partial charge on any atom is 0.345 e. The third-order valence-corrected chi connectivity index (χ3v) is 7.21. The number of carboxylic acids is 1. The van der Waals surface area contributed by atoms with Crippen molar-refractivity contribution in [3.8, 4) is 17.2 Å². The van der Waals surface area contributed by atoms with Crippen molar-refractivity contribution < 1.29 is 64.0 Å². The van der Waals surface area contributed by atoms with Crippen LogP contribution in [0.1, 0.15) is 29.5 Å². The molecular formula is C32H32O13. The molecule has 1 aliphatic rings. The van der Waals surface area contributed by atoms with E-state index in [0.29, 0.717) is 16.7 Å². The summed E-state index contributed by atoms with van der Waals surface area (Å²) in [7, 11) is 0. The highest BCUT2D eigenvalue weighted by atomic mass is 16.6. The van der Waals surface area contributed by atoms with E-state index >= 15 is 0 Å². The van der Waals surface area contributed by atoms with E-state index < -0.39 is 66.7 Å². The number of aliphatic hydroxyl groups is 2. The highest BCUT2D eigenvalue weighted by Gasteiger charge is 2.54. The third kappa shape index (κ3) is 8.94. The number of hydrogen-bond donors (Lipinski definition) is 6. The Morgan fingerprint density at radius 1 is 0.711 bits per heavy atom. The van der Waals surface area contributed by atoms with Crippen LogP contribution >= 0.6 is 0 Å². The zero-order valence-electron chi connectivity index (χ0n) is 23.8. The lowest BCUT2D eigenvalue weighted by Gasteiger charge is -2.41. The Hall–Kier alpha value is -5.14. The van der Waals surface area contributed by atoms with Gasteiger partial charge in [-0.25, -0.2) is 9.59 Å². The third-order valence-electron chi connectivity index (χ3n) is 7.21. The van der Waals surface area contributed by atoms with Gasteiger partial charge in [0.25, 0.3) is 0 Å². The number of aliphatic hydroxyl groups excluding tert-OH is 1. The van der Waals surface area contributed by atoms with Gasteiger partial charge < -0.3 is 44.8 Å². The molecule has 0 aromatic heterocycles. The van der Waals surface area contributed by atoms with Crippen LogP contribution in [0, 0.1) is 0 Å². The molecule has 0 aliphatic heterocycles. The van der Waals surface area contributed by atoms with Crippen LogP contribution in [0.4, 0.5) is 0 Å². The Labute approximate surface area is 256 Å². The number of benzene rings is 3. The first-order chi connectivity index (χ1) is 21.3. The molecule has 238 valence electrons. The molecule has 3 aromatic rings. The number of aliphatic carboxylic acids is 1. The zero-order valence-corrected chi connectivity index (χ0v) is 23.8. The van der Waals surface area contributed by atoms with Crippen molar-refractivity contribution in [2.75, 3.05) is 0 Å². The van der Waals surface area contributed by atoms with Crippen LogP contribution < -0.4 is 0 Å². The van der Waals surface area contributed by atoms with Crippen LogP contribution in [-0.4, -0.2) is 84.5 Å². The van der Waals surface area contributed by atoms with Crippen LogP contribution in [0.25, 0.3) is 0 Å². The van der Waals surface area contributed by atoms with Crippen LogP contribution in [0.2, 0.25) is 0 Å². The van der Waals surface area contributed by atoms with Gasteiger partial charge >= 0.3 is 23.9 Å². The zero-order chi connectivity index (χ0) is 32.7. The second-order valence-corrected chi connectivity index (χ2v) is 10.8. The summed E-state index contributed by atoms with van der Waals surface area (Å²) >= 11 is 0. The van der Waals surface area contributed by atoms with E-state index in [9.17, 15) is 49.8 Å². The smallest absolute Gasteiger partial charge is 0.345 e. The summed E-state index contributed by atoms with van der Waals surface area (Å²) in [6.07, 6.45) is -8.89. The van der Waals surface area contributed by atoms with Gasteiger partial charge in [-0.1, -0.05) is 36.4 Å². The lowest BCUT2D eigenvalue weighted by Crippen LogP contribution is -2.59. The SMILES string of the molecule is O=C(Cc1ccc(O)cc1)O[C@@H]1[C@@H](OC(=O)Cc2ccc(O)cc2)C[C@@](O)(C(=O)OC(Cc2ccc(O)cc2)C(=O)O)C[C@@H]1O. The van der Waals surface area contributed by atoms with Crippen LogP contribution in [-0.2, 0) is 52.7 Å². The second kappa shape index (κ2) is 14.1. The van der Waals surface area contributed by atoms with Gasteiger partial charge in [-0.05, 0) is 53.1 Å². The first kappa shape index (κ1) is 32.8. The highest BCUT2D eigenvalue weighted by molar-refractivity contribution is 5.84. The molecule has 1 aliphatic carbocycles. The van der Waals surface area contributed by atoms with Crippen molar-refractivity contribution in [2.24, 2.45) is 0 Å². The Balaban J connectivity index is 1.51. The summed E-state index contributed by atoms with van der Waals surface area (Å²) < 4.78 is 16.1. The van der Waals surface area contributed by atoms with Gasteiger partial charge in [-0.15, -0.1) is 0 Å². The molecule has 0 radical (unpaired) electrons. The topological polar surface area (TPSA) is 217 Å². The average molecular weight is 625 g/mol. The van der Waals surface area contributed by atoms with Gasteiger partial charge in [0, 0.05) is 19.3 Å². The minimum Gasteiger partial charge on any atom is -0.508 e. The van der Waals surface area contributed by atoms with Crippen molar-refractivity contribution in [3.05, 3.63) is 89.5 Å². The Bertz CT molecular complexity index is 1500. The van der Waals surface area contributed by atoms with Gasteiger partial charge in [0.2, 0.25) is 6.10 Å². The number of ether oxygens (including phenoxy) is 3. The fourth-order valence-corrected chi connectivity index (χ4v) is 4.90. The fourth-order valence-electron chi connectivity index (χ4n) is 4.90. The molecule has 6 N–H and O–H groups in total. The summed E-state index contributed by atoms with van der Waals surface area (Å²) in [6, 6.07) is 16.8. The van der Waals surface area contributed by atoms with Crippen LogP contribution in [0.5, 0.6) is 17.2 Å². The molecule has 0 heterocycles. The number of phenols is 3. The summed E-state index contributed by atoms with van der Waals surface area (Å²) in [5.41, 5.74) is -1.21. The first-order valence-electron chi connectivity index (χ1n) is 13.9. The maximum absolute atomic E-state index is 13.2. The van der Waals surface area contributed by atoms with Crippen molar-refractivity contribution in [3.63, 3.8) is 0 Å². The number of hydrogen-bond acceptors (Lipinski definition) is 12. The minimum atomic E-state index is -2.54. The Morgan fingerprint density at radius 2 is 1.16 bits per heavy atom. The summed E-state index contributed by atoms with van der Waals surface area (Å²) in [4.78, 5) is 50.7. The fraction of sp³-hybridized carbons (Fsp3) is 0.312. The summed E-state index contributed by atoms with van der Waals surface area (Å²) in [5.74, 6) is -4.73. The molecule has 0 spiro atoms. The first-order valence-corrected chi connectivity index (χ1v) is 13.9. The van der Waals surface area contributed by atoms with E-state index in [0.717, 1.165) is 0 Å². The van der Waals surface area contributed by atoms with E-state index in [4.69, 9.17) is 14.2 Å². The molecular weight excluding hydrogens is 592 g/mol. The predicted molar refractivity (Wildman–Crippen MR) is 153 cm³/mol. The normalized spacial score (nSPS) is 21.7. The number of carbonyl (C=O) groups excluding carboxylic acids is 3. The maximum atomic E-state index is 13.2. The standard InChI is InChI=1S/C32H32O13/c33-21-7-1-18(2-8-21)13-25(30(39)40)44-31(41)32(42)16-24(36)29(45-28(38)15-20-5-11-23(35)12-6-20)26(17-32)43-27(37)14-19-3-9-22(34)10-4-19/h1-12,24-26,29,33-36,42H,13-17H2,(H,39,40)/t24-,25?,26-,29-,32+/m0/s1. The second-order valence-electron chi connectivity index (χ2n) is 10.8. The average Bonchev–Trinajstić information content (AvgIpc) is 2.98. The monoisotopic (exact) mass is 624 g/mol. The van der Waals surface area contributed by atoms with E-state index in [-0.39, 0.29) is 36.5 Å². The molecule has 3 aromatic carbocycles. The van der Waals surface area contributed by atoms with Crippen molar-refractivity contribution in [1.29, 1.82) is 0 Å². The molecule has 1 saturated carbocycles. The molecule has 0 saturated heterocycles. The molecule has 45 heavy (non-hydrogen) atoms. The van der Waals surface area contributed by atoms with Gasteiger partial charge in [0.15, 0.2) is 11.7 Å². The molecule has 1 unspecified atom stereocenters. The largest absolute Gasteiger partial charge is 0.508 e. The lowest BCUT2D eigenvalue weighted by atomic mass is 9.79. The molecule has 13 nitrogen and oxygen atoms in total. The Kier molecular flexibility index (Phi) is 10.3. The summed E-state index contributed by atoms with van der Waals surface area (Å²) in [5, 5.41) is 60.4. The van der Waals surface area contributed by atoms with Crippen molar-refractivity contribution >= 4 is 23.9 Å².